The van der Waals surface area contributed by atoms with Crippen molar-refractivity contribution in [1.82, 2.24) is 0 Å². The Morgan fingerprint density at radius 2 is 0.886 bits per heavy atom. The summed E-state index contributed by atoms with van der Waals surface area (Å²) in [5.41, 5.74) is 0. The molecule has 0 saturated heterocycles. The molecule has 0 heterocycles. The van der Waals surface area contributed by atoms with Crippen LogP contribution >= 0.6 is 0 Å². The van der Waals surface area contributed by atoms with Gasteiger partial charge in [-0.25, -0.2) is 9.70 Å². The fourth-order valence-corrected chi connectivity index (χ4v) is 1.23. The Morgan fingerprint density at radius 1 is 0.591 bits per heavy atom. The zero-order valence-corrected chi connectivity index (χ0v) is 42.1. The zero-order chi connectivity index (χ0) is 33.5. The van der Waals surface area contributed by atoms with Crippen LogP contribution in [-0.2, 0) is 18.9 Å². The summed E-state index contributed by atoms with van der Waals surface area (Å²) in [5, 5.41) is 53.3. The van der Waals surface area contributed by atoms with E-state index in [0.717, 1.165) is 0 Å². The molecule has 0 rings (SSSR count). The summed E-state index contributed by atoms with van der Waals surface area (Å²) in [6, 6.07) is 0. The second kappa shape index (κ2) is 38.7. The Hall–Kier alpha value is -4.28. The van der Waals surface area contributed by atoms with Crippen LogP contribution in [0.25, 0.3) is 0 Å². The van der Waals surface area contributed by atoms with E-state index in [1.54, 1.807) is 0 Å². The summed E-state index contributed by atoms with van der Waals surface area (Å²) in [6.45, 7) is -7.71. The second-order valence-corrected chi connectivity index (χ2v) is 6.28. The van der Waals surface area contributed by atoms with Crippen molar-refractivity contribution >= 4 is 0 Å². The van der Waals surface area contributed by atoms with E-state index >= 15 is 0 Å². The van der Waals surface area contributed by atoms with Gasteiger partial charge in [-0.3, -0.25) is 0 Å². The number of rotatable bonds is 18. The van der Waals surface area contributed by atoms with Crippen molar-refractivity contribution in [3.05, 3.63) is 19.3 Å². The van der Waals surface area contributed by atoms with Gasteiger partial charge in [0.05, 0.1) is 33.0 Å². The molecule has 44 heavy (non-hydrogen) atoms. The van der Waals surface area contributed by atoms with Crippen LogP contribution in [0, 0.1) is 19.3 Å². The number of aliphatic hydroxyl groups is 6. The summed E-state index contributed by atoms with van der Waals surface area (Å²) in [5.74, 6) is 0. The van der Waals surface area contributed by atoms with Crippen LogP contribution in [0.2, 0.25) is 0 Å². The molecule has 26 heteroatoms. The van der Waals surface area contributed by atoms with E-state index in [2.05, 4.69) is 18.9 Å². The van der Waals surface area contributed by atoms with Crippen molar-refractivity contribution in [2.75, 3.05) is 72.7 Å². The molecule has 262 valence electrons. The minimum atomic E-state index is -3.97. The van der Waals surface area contributed by atoms with E-state index in [-0.39, 0.29) is 19.8 Å². The SMILES string of the molecule is OC(COCCF)COC[C-](F)F.OC(COC[C-](F)F)COCC(O)(F)F.OCC(O)(F)F.OC[C-](F)F.OF.[Rf].[Rf].[Rf]. The molecule has 7 N–H and O–H groups in total. The molecule has 0 bridgehead atoms. The maximum Gasteiger partial charge on any atom is 0.376 e. The van der Waals surface area contributed by atoms with Crippen LogP contribution in [0.5, 0.6) is 0 Å². The average molecular weight is 1450 g/mol. The molecule has 0 aromatic heterocycles. The Balaban J connectivity index is -0.0000000677. The van der Waals surface area contributed by atoms with Crippen molar-refractivity contribution in [1.29, 1.82) is 0 Å². The summed E-state index contributed by atoms with van der Waals surface area (Å²) in [6.07, 6.45) is -15.9. The molecule has 0 fully saturated rings. The van der Waals surface area contributed by atoms with Crippen molar-refractivity contribution < 1.29 is 108 Å². The first-order valence-electron chi connectivity index (χ1n) is 10.1. The molecule has 0 spiro atoms. The van der Waals surface area contributed by atoms with E-state index in [9.17, 15) is 48.3 Å². The van der Waals surface area contributed by atoms with Gasteiger partial charge in [-0.2, -0.15) is 17.6 Å². The van der Waals surface area contributed by atoms with Crippen molar-refractivity contribution in [2.45, 2.75) is 24.4 Å². The van der Waals surface area contributed by atoms with Gasteiger partial charge in [0.25, 0.3) is 0 Å². The monoisotopic (exact) mass is 1450 g/mol. The smallest absolute Gasteiger partial charge is 0.376 e. The number of ether oxygens (including phenoxy) is 4. The quantitative estimate of drug-likeness (QED) is 0.0593. The van der Waals surface area contributed by atoms with Gasteiger partial charge in [-0.1, -0.05) is 4.53 Å². The van der Waals surface area contributed by atoms with Crippen molar-refractivity contribution in [3.8, 4) is 0 Å². The normalized spacial score (nSPS) is 11.9. The van der Waals surface area contributed by atoms with Gasteiger partial charge in [-0.05, 0) is 19.8 Å². The summed E-state index contributed by atoms with van der Waals surface area (Å²) in [7, 11) is 0. The maximum atomic E-state index is 11.7. The Labute approximate surface area is 225 Å². The van der Waals surface area contributed by atoms with Crippen LogP contribution in [-0.4, -0.2) is 133 Å². The van der Waals surface area contributed by atoms with E-state index in [0.29, 0.717) is 0 Å². The molecule has 0 aromatic rings. The predicted octanol–water partition coefficient (Wildman–Crippen LogP) is 1.01. The molecule has 0 aliphatic carbocycles. The fraction of sp³-hybridized carbons (Fsp3) is 0.833. The number of aliphatic hydroxyl groups excluding tert-OH is 4. The zero-order valence-electron chi connectivity index (χ0n) is 22.9. The molecule has 0 aliphatic rings. The van der Waals surface area contributed by atoms with Crippen molar-refractivity contribution in [3.63, 3.8) is 0 Å². The van der Waals surface area contributed by atoms with Crippen molar-refractivity contribution in [2.24, 2.45) is 0 Å². The van der Waals surface area contributed by atoms with E-state index in [1.165, 1.54) is 0 Å². The molecule has 0 amide bonds. The molecule has 0 radical (unpaired) electrons. The molecule has 0 aliphatic heterocycles. The maximum absolute atomic E-state index is 11.7. The summed E-state index contributed by atoms with van der Waals surface area (Å²) < 4.78 is 149. The first kappa shape index (κ1) is 59.2. The number of hydrogen-bond donors (Lipinski definition) is 7. The van der Waals surface area contributed by atoms with Crippen LogP contribution in [0.4, 0.5) is 52.8 Å². The van der Waals surface area contributed by atoms with Crippen LogP contribution in [0.1, 0.15) is 0 Å². The second-order valence-electron chi connectivity index (χ2n) is 6.28. The van der Waals surface area contributed by atoms with Gasteiger partial charge in [0.1, 0.15) is 32.1 Å². The Kier molecular flexibility index (Phi) is 52.1. The molecule has 0 saturated carbocycles. The third-order valence-corrected chi connectivity index (χ3v) is 2.47. The summed E-state index contributed by atoms with van der Waals surface area (Å²) >= 11 is 0. The van der Waals surface area contributed by atoms with Gasteiger partial charge in [0, 0.05) is 19.3 Å². The first-order chi connectivity index (χ1) is 18.8. The minimum absolute atomic E-state index is 0. The van der Waals surface area contributed by atoms with E-state index < -0.39 is 96.6 Å². The molecular formula is C18H31F12O11Rf3-3. The van der Waals surface area contributed by atoms with Gasteiger partial charge in [0.2, 0.25) is 0 Å². The fourth-order valence-electron chi connectivity index (χ4n) is 1.23. The third-order valence-electron chi connectivity index (χ3n) is 2.47. The predicted molar refractivity (Wildman–Crippen MR) is 109 cm³/mol. The van der Waals surface area contributed by atoms with Crippen LogP contribution < -0.4 is 0 Å². The van der Waals surface area contributed by atoms with E-state index in [4.69, 9.17) is 40.5 Å². The van der Waals surface area contributed by atoms with Crippen LogP contribution in [0.15, 0.2) is 0 Å². The molecule has 0 aromatic carbocycles. The topological polar surface area (TPSA) is 179 Å². The van der Waals surface area contributed by atoms with Crippen LogP contribution in [0.3, 0.4) is 0 Å². The number of hydrogen-bond acceptors (Lipinski definition) is 11. The molecular weight excluding hydrogens is 1420 g/mol. The number of alkyl halides is 5. The molecule has 2 unspecified atom stereocenters. The van der Waals surface area contributed by atoms with Gasteiger partial charge < -0.3 is 75.9 Å². The standard InChI is InChI=1S/C7H11F4O4.C7H12F3O3.C2H4F2O2.C2H3F2O.FHO.3Rf/c8-6(9)3-14-1-5(12)2-15-4-7(10,11)13;8-1-2-12-3-6(11)4-13-5-7(9)10;3-2(4,6)1-5;3-2(4)1-5;1-2;;;/h5,12-13H,1-4H2;6,11H,1-5H2;5-6H,1H2;5H,1H2;2H;;;/q2*-1;;-1;;;;. The third kappa shape index (κ3) is 83.2. The average Bonchev–Trinajstić information content (AvgIpc) is 2.85. The van der Waals surface area contributed by atoms with E-state index in [1.807, 2.05) is 0 Å². The van der Waals surface area contributed by atoms with Gasteiger partial charge in [0.15, 0.2) is 0 Å². The van der Waals surface area contributed by atoms with Gasteiger partial charge in [-0.15, -0.1) is 0 Å². The first-order valence-corrected chi connectivity index (χ1v) is 10.1. The number of halogens is 12. The largest absolute Gasteiger partial charge is 0.423 e. The molecule has 2 atom stereocenters. The Bertz CT molecular complexity index is 507. The Morgan fingerprint density at radius 3 is 1.11 bits per heavy atom. The summed E-state index contributed by atoms with van der Waals surface area (Å²) in [4.78, 5) is 0. The van der Waals surface area contributed by atoms with Gasteiger partial charge >= 0.3 is 12.2 Å². The molecule has 11 nitrogen and oxygen atoms in total. The minimum Gasteiger partial charge on any atom is -0.423 e.